The molecule has 7 nitrogen and oxygen atoms in total. The second-order valence-corrected chi connectivity index (χ2v) is 5.85. The summed E-state index contributed by atoms with van der Waals surface area (Å²) in [5, 5.41) is 15.9. The number of halogens is 1. The van der Waals surface area contributed by atoms with Gasteiger partial charge in [-0.2, -0.15) is 0 Å². The molecule has 130 valence electrons. The van der Waals surface area contributed by atoms with E-state index < -0.39 is 22.6 Å². The Morgan fingerprint density at radius 2 is 1.88 bits per heavy atom. The molecule has 0 unspecified atom stereocenters. The van der Waals surface area contributed by atoms with Crippen LogP contribution in [0.4, 0.5) is 21.5 Å². The standard InChI is InChI=1S/C16H14FN3O4S/c1-9(21)18-14-7-10(3-5-13(14)17)19-16(22)12-8-11(25-2)4-6-15(12)20(23)24/h3-8H,1-2H3,(H,18,21)(H,19,22). The second-order valence-electron chi connectivity index (χ2n) is 4.97. The van der Waals surface area contributed by atoms with Gasteiger partial charge in [0.2, 0.25) is 5.91 Å². The maximum Gasteiger partial charge on any atom is 0.282 e. The summed E-state index contributed by atoms with van der Waals surface area (Å²) in [5.41, 5.74) is -0.349. The van der Waals surface area contributed by atoms with Crippen molar-refractivity contribution in [3.8, 4) is 0 Å². The molecule has 0 saturated carbocycles. The van der Waals surface area contributed by atoms with Gasteiger partial charge in [0.15, 0.2) is 0 Å². The van der Waals surface area contributed by atoms with Gasteiger partial charge >= 0.3 is 0 Å². The molecule has 0 bridgehead atoms. The molecular formula is C16H14FN3O4S. The average Bonchev–Trinajstić information content (AvgIpc) is 2.56. The van der Waals surface area contributed by atoms with E-state index in [1.54, 1.807) is 12.3 Å². The Kier molecular flexibility index (Phi) is 5.71. The summed E-state index contributed by atoms with van der Waals surface area (Å²) in [6.07, 6.45) is 1.78. The molecule has 2 aromatic rings. The van der Waals surface area contributed by atoms with E-state index in [4.69, 9.17) is 0 Å². The molecule has 0 saturated heterocycles. The predicted octanol–water partition coefficient (Wildman–Crippen LogP) is 3.67. The van der Waals surface area contributed by atoms with E-state index in [1.165, 1.54) is 43.0 Å². The molecular weight excluding hydrogens is 349 g/mol. The molecule has 0 atom stereocenters. The number of benzene rings is 2. The maximum atomic E-state index is 13.6. The highest BCUT2D eigenvalue weighted by atomic mass is 32.2. The Hall–Kier alpha value is -2.94. The van der Waals surface area contributed by atoms with Crippen molar-refractivity contribution >= 4 is 40.6 Å². The van der Waals surface area contributed by atoms with Crippen molar-refractivity contribution in [2.75, 3.05) is 16.9 Å². The summed E-state index contributed by atoms with van der Waals surface area (Å²) in [5.74, 6) is -1.84. The normalized spacial score (nSPS) is 10.2. The fraction of sp³-hybridized carbons (Fsp3) is 0.125. The first-order valence-electron chi connectivity index (χ1n) is 7.02. The van der Waals surface area contributed by atoms with Gasteiger partial charge in [-0.3, -0.25) is 19.7 Å². The van der Waals surface area contributed by atoms with Crippen LogP contribution in [0.25, 0.3) is 0 Å². The van der Waals surface area contributed by atoms with E-state index in [1.807, 2.05) is 0 Å². The Morgan fingerprint density at radius 3 is 2.48 bits per heavy atom. The highest BCUT2D eigenvalue weighted by Gasteiger charge is 2.21. The Bertz CT molecular complexity index is 857. The SMILES string of the molecule is CSc1ccc([N+](=O)[O-])c(C(=O)Nc2ccc(F)c(NC(C)=O)c2)c1. The first-order chi connectivity index (χ1) is 11.8. The molecule has 2 rings (SSSR count). The monoisotopic (exact) mass is 363 g/mol. The topological polar surface area (TPSA) is 101 Å². The number of thioether (sulfide) groups is 1. The third kappa shape index (κ3) is 4.54. The van der Waals surface area contributed by atoms with E-state index in [-0.39, 0.29) is 22.6 Å². The van der Waals surface area contributed by atoms with Gasteiger partial charge in [0.25, 0.3) is 11.6 Å². The lowest BCUT2D eigenvalue weighted by molar-refractivity contribution is -0.385. The molecule has 2 amide bonds. The molecule has 0 aliphatic rings. The van der Waals surface area contributed by atoms with Crippen LogP contribution >= 0.6 is 11.8 Å². The molecule has 9 heteroatoms. The van der Waals surface area contributed by atoms with Crippen LogP contribution in [-0.4, -0.2) is 23.0 Å². The zero-order chi connectivity index (χ0) is 18.6. The van der Waals surface area contributed by atoms with Crippen LogP contribution in [0.3, 0.4) is 0 Å². The zero-order valence-electron chi connectivity index (χ0n) is 13.3. The fourth-order valence-corrected chi connectivity index (χ4v) is 2.51. The van der Waals surface area contributed by atoms with Crippen molar-refractivity contribution in [2.24, 2.45) is 0 Å². The highest BCUT2D eigenvalue weighted by Crippen LogP contribution is 2.26. The van der Waals surface area contributed by atoms with Gasteiger partial charge in [-0.05, 0) is 36.6 Å². The number of carbonyl (C=O) groups excluding carboxylic acids is 2. The minimum absolute atomic E-state index is 0.0994. The van der Waals surface area contributed by atoms with Gasteiger partial charge in [0.1, 0.15) is 11.4 Å². The number of hydrogen-bond donors (Lipinski definition) is 2. The lowest BCUT2D eigenvalue weighted by atomic mass is 10.1. The van der Waals surface area contributed by atoms with Gasteiger partial charge in [0.05, 0.1) is 10.6 Å². The number of nitro benzene ring substituents is 1. The molecule has 0 heterocycles. The van der Waals surface area contributed by atoms with Gasteiger partial charge in [-0.15, -0.1) is 11.8 Å². The third-order valence-electron chi connectivity index (χ3n) is 3.18. The molecule has 2 N–H and O–H groups in total. The summed E-state index contributed by atoms with van der Waals surface area (Å²) in [4.78, 5) is 34.7. The number of carbonyl (C=O) groups is 2. The van der Waals surface area contributed by atoms with E-state index in [9.17, 15) is 24.1 Å². The molecule has 0 aromatic heterocycles. The van der Waals surface area contributed by atoms with Crippen LogP contribution in [0, 0.1) is 15.9 Å². The maximum absolute atomic E-state index is 13.6. The molecule has 0 radical (unpaired) electrons. The van der Waals surface area contributed by atoms with E-state index in [0.29, 0.717) is 4.90 Å². The van der Waals surface area contributed by atoms with Crippen LogP contribution in [0.5, 0.6) is 0 Å². The van der Waals surface area contributed by atoms with Crippen LogP contribution in [0.15, 0.2) is 41.3 Å². The minimum Gasteiger partial charge on any atom is -0.324 e. The van der Waals surface area contributed by atoms with Gasteiger partial charge in [0, 0.05) is 23.6 Å². The van der Waals surface area contributed by atoms with Crippen LogP contribution in [0.2, 0.25) is 0 Å². The fourth-order valence-electron chi connectivity index (χ4n) is 2.07. The quantitative estimate of drug-likeness (QED) is 0.479. The number of nitrogens with zero attached hydrogens (tertiary/aromatic N) is 1. The Labute approximate surface area is 146 Å². The van der Waals surface area contributed by atoms with Gasteiger partial charge in [-0.25, -0.2) is 4.39 Å². The van der Waals surface area contributed by atoms with Crippen molar-refractivity contribution in [1.82, 2.24) is 0 Å². The van der Waals surface area contributed by atoms with E-state index >= 15 is 0 Å². The molecule has 2 aromatic carbocycles. The summed E-state index contributed by atoms with van der Waals surface area (Å²) in [6, 6.07) is 7.83. The second kappa shape index (κ2) is 7.75. The molecule has 0 fully saturated rings. The molecule has 0 aliphatic heterocycles. The number of hydrogen-bond acceptors (Lipinski definition) is 5. The summed E-state index contributed by atoms with van der Waals surface area (Å²) < 4.78 is 13.6. The minimum atomic E-state index is -0.706. The largest absolute Gasteiger partial charge is 0.324 e. The average molecular weight is 363 g/mol. The number of nitrogens with one attached hydrogen (secondary N) is 2. The smallest absolute Gasteiger partial charge is 0.282 e. The third-order valence-corrected chi connectivity index (χ3v) is 3.91. The van der Waals surface area contributed by atoms with Crippen molar-refractivity contribution in [2.45, 2.75) is 11.8 Å². The number of anilines is 2. The number of rotatable bonds is 5. The lowest BCUT2D eigenvalue weighted by Crippen LogP contribution is -2.15. The first kappa shape index (κ1) is 18.4. The zero-order valence-corrected chi connectivity index (χ0v) is 14.1. The van der Waals surface area contributed by atoms with Crippen molar-refractivity contribution < 1.29 is 18.9 Å². The van der Waals surface area contributed by atoms with Gasteiger partial charge in [-0.1, -0.05) is 0 Å². The van der Waals surface area contributed by atoms with Crippen LogP contribution < -0.4 is 10.6 Å². The molecule has 0 spiro atoms. The lowest BCUT2D eigenvalue weighted by Gasteiger charge is -2.10. The van der Waals surface area contributed by atoms with E-state index in [2.05, 4.69) is 10.6 Å². The Morgan fingerprint density at radius 1 is 1.16 bits per heavy atom. The van der Waals surface area contributed by atoms with E-state index in [0.717, 1.165) is 6.07 Å². The summed E-state index contributed by atoms with van der Waals surface area (Å²) in [6.45, 7) is 1.22. The predicted molar refractivity (Wildman–Crippen MR) is 93.5 cm³/mol. The number of nitro groups is 1. The molecule has 25 heavy (non-hydrogen) atoms. The first-order valence-corrected chi connectivity index (χ1v) is 8.25. The molecule has 0 aliphatic carbocycles. The van der Waals surface area contributed by atoms with Crippen LogP contribution in [0.1, 0.15) is 17.3 Å². The van der Waals surface area contributed by atoms with Crippen molar-refractivity contribution in [1.29, 1.82) is 0 Å². The highest BCUT2D eigenvalue weighted by molar-refractivity contribution is 7.98. The van der Waals surface area contributed by atoms with Crippen molar-refractivity contribution in [3.05, 3.63) is 57.9 Å². The summed E-state index contributed by atoms with van der Waals surface area (Å²) >= 11 is 1.34. The Balaban J connectivity index is 2.34. The summed E-state index contributed by atoms with van der Waals surface area (Å²) in [7, 11) is 0. The van der Waals surface area contributed by atoms with Gasteiger partial charge < -0.3 is 10.6 Å². The van der Waals surface area contributed by atoms with Crippen LogP contribution in [-0.2, 0) is 4.79 Å². The van der Waals surface area contributed by atoms with Crippen molar-refractivity contribution in [3.63, 3.8) is 0 Å². The number of amides is 2.